The largest absolute Gasteiger partial charge is 0.391 e. The molecule has 0 aliphatic carbocycles. The number of nitriles is 1. The van der Waals surface area contributed by atoms with Crippen molar-refractivity contribution >= 4 is 7.41 Å². The SMILES string of the molecule is N#C[B]n1cccc1. The molecule has 1 aromatic heterocycles. The molecule has 1 rings (SSSR count). The summed E-state index contributed by atoms with van der Waals surface area (Å²) in [6.45, 7) is 0. The lowest BCUT2D eigenvalue weighted by Gasteiger charge is -1.84. The molecule has 8 heavy (non-hydrogen) atoms. The Morgan fingerprint density at radius 1 is 1.38 bits per heavy atom. The van der Waals surface area contributed by atoms with E-state index in [-0.39, 0.29) is 0 Å². The van der Waals surface area contributed by atoms with E-state index in [4.69, 9.17) is 5.26 Å². The molecule has 0 saturated carbocycles. The van der Waals surface area contributed by atoms with Crippen molar-refractivity contribution in [1.82, 2.24) is 4.48 Å². The van der Waals surface area contributed by atoms with E-state index < -0.39 is 0 Å². The van der Waals surface area contributed by atoms with Crippen molar-refractivity contribution in [3.63, 3.8) is 0 Å². The van der Waals surface area contributed by atoms with Gasteiger partial charge >= 0.3 is 7.41 Å². The highest BCUT2D eigenvalue weighted by atomic mass is 14.8. The smallest absolute Gasteiger partial charge is 0.388 e. The zero-order chi connectivity index (χ0) is 5.82. The molecule has 0 spiro atoms. The fourth-order valence-electron chi connectivity index (χ4n) is 0.501. The first-order chi connectivity index (χ1) is 3.93. The van der Waals surface area contributed by atoms with Crippen LogP contribution in [0.5, 0.6) is 0 Å². The van der Waals surface area contributed by atoms with Crippen molar-refractivity contribution in [2.45, 2.75) is 0 Å². The Kier molecular flexibility index (Phi) is 1.38. The summed E-state index contributed by atoms with van der Waals surface area (Å²) in [6.07, 6.45) is 3.62. The van der Waals surface area contributed by atoms with Crippen LogP contribution >= 0.6 is 0 Å². The molecule has 0 N–H and O–H groups in total. The molecule has 37 valence electrons. The minimum atomic E-state index is 1.43. The second-order valence-electron chi connectivity index (χ2n) is 1.39. The Morgan fingerprint density at radius 3 is 2.50 bits per heavy atom. The summed E-state index contributed by atoms with van der Waals surface area (Å²) in [7, 11) is 1.43. The molecule has 0 fully saturated rings. The summed E-state index contributed by atoms with van der Waals surface area (Å²) in [5.41, 5.74) is 0. The average Bonchev–Trinajstić information content (AvgIpc) is 2.19. The van der Waals surface area contributed by atoms with Crippen LogP contribution in [0.25, 0.3) is 0 Å². The van der Waals surface area contributed by atoms with Gasteiger partial charge in [-0.1, -0.05) is 0 Å². The average molecular weight is 103 g/mol. The fourth-order valence-corrected chi connectivity index (χ4v) is 0.501. The normalized spacial score (nSPS) is 7.88. The third-order valence-corrected chi connectivity index (χ3v) is 0.834. The minimum Gasteiger partial charge on any atom is -0.388 e. The van der Waals surface area contributed by atoms with E-state index in [0.29, 0.717) is 0 Å². The Bertz CT molecular complexity index is 185. The molecule has 1 aromatic rings. The first-order valence-corrected chi connectivity index (χ1v) is 2.29. The summed E-state index contributed by atoms with van der Waals surface area (Å²) in [5.74, 6) is 1.91. The lowest BCUT2D eigenvalue weighted by Crippen LogP contribution is -1.98. The molecule has 0 amide bonds. The van der Waals surface area contributed by atoms with Gasteiger partial charge in [-0.3, -0.25) is 0 Å². The number of aromatic nitrogens is 1. The van der Waals surface area contributed by atoms with Gasteiger partial charge in [0.15, 0.2) is 0 Å². The highest BCUT2D eigenvalue weighted by Crippen LogP contribution is 1.83. The van der Waals surface area contributed by atoms with Crippen molar-refractivity contribution in [2.24, 2.45) is 0 Å². The van der Waals surface area contributed by atoms with E-state index in [9.17, 15) is 0 Å². The van der Waals surface area contributed by atoms with Crippen molar-refractivity contribution in [2.75, 3.05) is 0 Å². The molecule has 0 aromatic carbocycles. The molecule has 3 heteroatoms. The summed E-state index contributed by atoms with van der Waals surface area (Å²) in [5, 5.41) is 8.11. The second kappa shape index (κ2) is 2.22. The number of hydrogen-bond donors (Lipinski definition) is 0. The van der Waals surface area contributed by atoms with E-state index in [1.807, 2.05) is 30.5 Å². The predicted octanol–water partition coefficient (Wildman–Crippen LogP) is 0.436. The third kappa shape index (κ3) is 0.911. The summed E-state index contributed by atoms with van der Waals surface area (Å²) in [4.78, 5) is 0. The third-order valence-electron chi connectivity index (χ3n) is 0.834. The van der Waals surface area contributed by atoms with Gasteiger partial charge in [-0.05, 0) is 24.5 Å². The monoisotopic (exact) mass is 103 g/mol. The van der Waals surface area contributed by atoms with E-state index in [1.165, 1.54) is 7.41 Å². The van der Waals surface area contributed by atoms with Gasteiger partial charge in [-0.25, -0.2) is 5.26 Å². The maximum absolute atomic E-state index is 8.11. The summed E-state index contributed by atoms with van der Waals surface area (Å²) in [6, 6.07) is 3.74. The molecule has 0 atom stereocenters. The number of hydrogen-bond acceptors (Lipinski definition) is 1. The molecule has 1 heterocycles. The van der Waals surface area contributed by atoms with Crippen LogP contribution in [0.3, 0.4) is 0 Å². The Morgan fingerprint density at radius 2 is 2.00 bits per heavy atom. The second-order valence-corrected chi connectivity index (χ2v) is 1.39. The minimum absolute atomic E-state index is 1.43. The van der Waals surface area contributed by atoms with Crippen LogP contribution < -0.4 is 0 Å². The highest BCUT2D eigenvalue weighted by molar-refractivity contribution is 6.43. The van der Waals surface area contributed by atoms with Gasteiger partial charge in [0.05, 0.1) is 0 Å². The Hall–Kier alpha value is -1.17. The van der Waals surface area contributed by atoms with Crippen LogP contribution in [-0.4, -0.2) is 11.9 Å². The van der Waals surface area contributed by atoms with Crippen molar-refractivity contribution < 1.29 is 0 Å². The van der Waals surface area contributed by atoms with E-state index >= 15 is 0 Å². The molecule has 0 unspecified atom stereocenters. The van der Waals surface area contributed by atoms with E-state index in [0.717, 1.165) is 0 Å². The van der Waals surface area contributed by atoms with Crippen LogP contribution in [0.1, 0.15) is 0 Å². The first-order valence-electron chi connectivity index (χ1n) is 2.29. The molecule has 0 saturated heterocycles. The van der Waals surface area contributed by atoms with Gasteiger partial charge in [-0.2, -0.15) is 0 Å². The van der Waals surface area contributed by atoms with E-state index in [1.54, 1.807) is 4.48 Å². The van der Waals surface area contributed by atoms with Gasteiger partial charge in [-0.15, -0.1) is 0 Å². The van der Waals surface area contributed by atoms with E-state index in [2.05, 4.69) is 0 Å². The summed E-state index contributed by atoms with van der Waals surface area (Å²) >= 11 is 0. The molecule has 0 aliphatic rings. The van der Waals surface area contributed by atoms with Crippen LogP contribution in [-0.2, 0) is 0 Å². The van der Waals surface area contributed by atoms with Gasteiger partial charge in [0.2, 0.25) is 0 Å². The molecule has 0 bridgehead atoms. The zero-order valence-electron chi connectivity index (χ0n) is 4.28. The molecule has 2 nitrogen and oxygen atoms in total. The molecular formula is C5H4BN2. The topological polar surface area (TPSA) is 28.7 Å². The van der Waals surface area contributed by atoms with Gasteiger partial charge in [0, 0.05) is 5.97 Å². The molecule has 1 radical (unpaired) electrons. The van der Waals surface area contributed by atoms with Gasteiger partial charge in [0.25, 0.3) is 0 Å². The van der Waals surface area contributed by atoms with Crippen LogP contribution in [0.2, 0.25) is 0 Å². The fraction of sp³-hybridized carbons (Fsp3) is 0. The predicted molar refractivity (Wildman–Crippen MR) is 31.2 cm³/mol. The van der Waals surface area contributed by atoms with Crippen LogP contribution in [0, 0.1) is 11.2 Å². The quantitative estimate of drug-likeness (QED) is 0.474. The maximum atomic E-state index is 8.11. The van der Waals surface area contributed by atoms with Crippen LogP contribution in [0.15, 0.2) is 24.5 Å². The standard InChI is InChI=1S/C5H4BN2/c7-5-6-8-3-1-2-4-8/h1-4H. The molecule has 0 aliphatic heterocycles. The van der Waals surface area contributed by atoms with Crippen molar-refractivity contribution in [1.29, 1.82) is 5.26 Å². The van der Waals surface area contributed by atoms with Gasteiger partial charge < -0.3 is 4.48 Å². The Balaban J connectivity index is 2.67. The number of rotatable bonds is 1. The Labute approximate surface area is 48.6 Å². The van der Waals surface area contributed by atoms with Crippen molar-refractivity contribution in [3.05, 3.63) is 24.5 Å². The summed E-state index contributed by atoms with van der Waals surface area (Å²) < 4.78 is 1.69. The zero-order valence-corrected chi connectivity index (χ0v) is 4.28. The maximum Gasteiger partial charge on any atom is 0.391 e. The van der Waals surface area contributed by atoms with Crippen molar-refractivity contribution in [3.8, 4) is 5.97 Å². The van der Waals surface area contributed by atoms with Gasteiger partial charge in [0.1, 0.15) is 0 Å². The highest BCUT2D eigenvalue weighted by Gasteiger charge is 1.85. The molecular weight excluding hydrogens is 98.9 g/mol. The lowest BCUT2D eigenvalue weighted by atomic mass is 9.99. The van der Waals surface area contributed by atoms with Crippen LogP contribution in [0.4, 0.5) is 0 Å². The number of nitrogens with zero attached hydrogens (tertiary/aromatic N) is 2. The first kappa shape index (κ1) is 4.98. The lowest BCUT2D eigenvalue weighted by molar-refractivity contribution is 1.24.